The van der Waals surface area contributed by atoms with Crippen LogP contribution >= 0.6 is 0 Å². The highest BCUT2D eigenvalue weighted by atomic mass is 16.5. The topological polar surface area (TPSA) is 63.0 Å². The Morgan fingerprint density at radius 3 is 2.55 bits per heavy atom. The average molecular weight is 294 g/mol. The maximum absolute atomic E-state index is 11.8. The summed E-state index contributed by atoms with van der Waals surface area (Å²) in [6, 6.07) is 13.9. The van der Waals surface area contributed by atoms with E-state index in [2.05, 4.69) is 11.1 Å². The van der Waals surface area contributed by atoms with Gasteiger partial charge in [0.25, 0.3) is 0 Å². The predicted octanol–water partition coefficient (Wildman–Crippen LogP) is 3.34. The number of nitriles is 1. The van der Waals surface area contributed by atoms with Crippen molar-refractivity contribution in [2.45, 2.75) is 25.2 Å². The largest absolute Gasteiger partial charge is 0.469 e. The number of hydrogen-bond donors (Lipinski definition) is 0. The summed E-state index contributed by atoms with van der Waals surface area (Å²) in [5, 5.41) is 9.62. The van der Waals surface area contributed by atoms with Gasteiger partial charge in [-0.2, -0.15) is 5.26 Å². The zero-order chi connectivity index (χ0) is 15.9. The van der Waals surface area contributed by atoms with E-state index in [-0.39, 0.29) is 18.3 Å². The van der Waals surface area contributed by atoms with Crippen LogP contribution in [0.4, 0.5) is 0 Å². The monoisotopic (exact) mass is 294 g/mol. The summed E-state index contributed by atoms with van der Waals surface area (Å²) in [7, 11) is 1.36. The van der Waals surface area contributed by atoms with E-state index in [0.29, 0.717) is 0 Å². The molecule has 0 aliphatic rings. The van der Waals surface area contributed by atoms with Gasteiger partial charge in [-0.3, -0.25) is 9.78 Å². The first-order valence-corrected chi connectivity index (χ1v) is 7.08. The Labute approximate surface area is 130 Å². The molecule has 0 saturated heterocycles. The fourth-order valence-corrected chi connectivity index (χ4v) is 2.46. The van der Waals surface area contributed by atoms with Gasteiger partial charge < -0.3 is 4.74 Å². The number of aryl methyl sites for hydroxylation is 1. The molecule has 1 aromatic carbocycles. The van der Waals surface area contributed by atoms with Gasteiger partial charge >= 0.3 is 5.97 Å². The molecule has 0 aliphatic carbocycles. The molecule has 1 heterocycles. The van der Waals surface area contributed by atoms with E-state index in [1.54, 1.807) is 18.5 Å². The van der Waals surface area contributed by atoms with Crippen LogP contribution < -0.4 is 0 Å². The van der Waals surface area contributed by atoms with Gasteiger partial charge in [0.2, 0.25) is 0 Å². The van der Waals surface area contributed by atoms with Crippen LogP contribution in [0.2, 0.25) is 0 Å². The number of ether oxygens (including phenoxy) is 1. The molecule has 2 aromatic rings. The van der Waals surface area contributed by atoms with Crippen molar-refractivity contribution in [2.24, 2.45) is 0 Å². The van der Waals surface area contributed by atoms with E-state index in [1.165, 1.54) is 7.11 Å². The highest BCUT2D eigenvalue weighted by molar-refractivity contribution is 5.70. The van der Waals surface area contributed by atoms with E-state index in [4.69, 9.17) is 4.74 Å². The fraction of sp³-hybridized carbons (Fsp3) is 0.278. The summed E-state index contributed by atoms with van der Waals surface area (Å²) in [5.41, 5.74) is 2.89. The van der Waals surface area contributed by atoms with Gasteiger partial charge in [-0.25, -0.2) is 0 Å². The second-order valence-electron chi connectivity index (χ2n) is 5.19. The number of pyridine rings is 1. The van der Waals surface area contributed by atoms with E-state index < -0.39 is 5.92 Å². The van der Waals surface area contributed by atoms with Crippen LogP contribution in [-0.4, -0.2) is 18.1 Å². The summed E-state index contributed by atoms with van der Waals surface area (Å²) in [4.78, 5) is 15.8. The predicted molar refractivity (Wildman–Crippen MR) is 83.1 cm³/mol. The van der Waals surface area contributed by atoms with Crippen molar-refractivity contribution in [1.29, 1.82) is 5.26 Å². The third-order valence-electron chi connectivity index (χ3n) is 3.70. The van der Waals surface area contributed by atoms with Crippen molar-refractivity contribution < 1.29 is 9.53 Å². The van der Waals surface area contributed by atoms with Gasteiger partial charge in [-0.15, -0.1) is 0 Å². The molecule has 22 heavy (non-hydrogen) atoms. The maximum atomic E-state index is 11.8. The lowest BCUT2D eigenvalue weighted by molar-refractivity contribution is -0.141. The Balaban J connectivity index is 2.40. The minimum atomic E-state index is -0.449. The first-order chi connectivity index (χ1) is 10.7. The maximum Gasteiger partial charge on any atom is 0.306 e. The highest BCUT2D eigenvalue weighted by Crippen LogP contribution is 2.35. The molecule has 0 fully saturated rings. The molecule has 0 spiro atoms. The summed E-state index contributed by atoms with van der Waals surface area (Å²) < 4.78 is 4.79. The van der Waals surface area contributed by atoms with Gasteiger partial charge in [0.1, 0.15) is 0 Å². The molecule has 0 amide bonds. The standard InChI is InChI=1S/C18H18N2O2/c1-13-5-7-14(8-6-13)16(10-18(21)22-2)17(11-19)15-4-3-9-20-12-15/h3-9,12,16-17H,10H2,1-2H3. The van der Waals surface area contributed by atoms with Crippen LogP contribution in [0.1, 0.15) is 34.9 Å². The molecule has 112 valence electrons. The summed E-state index contributed by atoms with van der Waals surface area (Å²) in [6.45, 7) is 2.00. The summed E-state index contributed by atoms with van der Waals surface area (Å²) in [6.07, 6.45) is 3.50. The van der Waals surface area contributed by atoms with Gasteiger partial charge in [-0.1, -0.05) is 35.9 Å². The lowest BCUT2D eigenvalue weighted by atomic mass is 9.80. The van der Waals surface area contributed by atoms with Crippen LogP contribution in [0.15, 0.2) is 48.8 Å². The molecule has 2 rings (SSSR count). The zero-order valence-corrected chi connectivity index (χ0v) is 12.7. The number of carbonyl (C=O) groups excluding carboxylic acids is 1. The molecule has 0 aliphatic heterocycles. The number of aromatic nitrogens is 1. The van der Waals surface area contributed by atoms with Crippen molar-refractivity contribution in [3.05, 3.63) is 65.5 Å². The number of esters is 1. The Kier molecular flexibility index (Phi) is 5.26. The second kappa shape index (κ2) is 7.37. The molecule has 0 N–H and O–H groups in total. The lowest BCUT2D eigenvalue weighted by Crippen LogP contribution is -2.16. The number of nitrogens with zero attached hydrogens (tertiary/aromatic N) is 2. The Bertz CT molecular complexity index is 660. The average Bonchev–Trinajstić information content (AvgIpc) is 2.56. The minimum Gasteiger partial charge on any atom is -0.469 e. The summed E-state index contributed by atoms with van der Waals surface area (Å²) >= 11 is 0. The number of methoxy groups -OCH3 is 1. The fourth-order valence-electron chi connectivity index (χ4n) is 2.46. The van der Waals surface area contributed by atoms with Crippen LogP contribution in [-0.2, 0) is 9.53 Å². The molecule has 4 heteroatoms. The third kappa shape index (κ3) is 3.70. The molecule has 4 nitrogen and oxygen atoms in total. The van der Waals surface area contributed by atoms with E-state index in [0.717, 1.165) is 16.7 Å². The molecule has 1 aromatic heterocycles. The van der Waals surface area contributed by atoms with Crippen LogP contribution in [0, 0.1) is 18.3 Å². The third-order valence-corrected chi connectivity index (χ3v) is 3.70. The zero-order valence-electron chi connectivity index (χ0n) is 12.7. The van der Waals surface area contributed by atoms with Crippen LogP contribution in [0.25, 0.3) is 0 Å². The smallest absolute Gasteiger partial charge is 0.306 e. The van der Waals surface area contributed by atoms with Crippen LogP contribution in [0.5, 0.6) is 0 Å². The van der Waals surface area contributed by atoms with E-state index in [9.17, 15) is 10.1 Å². The molecule has 0 bridgehead atoms. The molecular formula is C18H18N2O2. The van der Waals surface area contributed by atoms with Crippen molar-refractivity contribution >= 4 is 5.97 Å². The molecular weight excluding hydrogens is 276 g/mol. The highest BCUT2D eigenvalue weighted by Gasteiger charge is 2.27. The molecule has 2 unspecified atom stereocenters. The number of carbonyl (C=O) groups is 1. The molecule has 0 saturated carbocycles. The van der Waals surface area contributed by atoms with E-state index in [1.807, 2.05) is 37.3 Å². The van der Waals surface area contributed by atoms with Crippen LogP contribution in [0.3, 0.4) is 0 Å². The molecule has 0 radical (unpaired) electrons. The Hall–Kier alpha value is -2.67. The minimum absolute atomic E-state index is 0.159. The van der Waals surface area contributed by atoms with Crippen molar-refractivity contribution in [3.63, 3.8) is 0 Å². The number of benzene rings is 1. The quantitative estimate of drug-likeness (QED) is 0.793. The summed E-state index contributed by atoms with van der Waals surface area (Å²) in [5.74, 6) is -1.03. The number of hydrogen-bond acceptors (Lipinski definition) is 4. The Morgan fingerprint density at radius 1 is 1.27 bits per heavy atom. The molecule has 2 atom stereocenters. The van der Waals surface area contributed by atoms with Gasteiger partial charge in [0.05, 0.1) is 25.5 Å². The van der Waals surface area contributed by atoms with Crippen molar-refractivity contribution in [1.82, 2.24) is 4.98 Å². The second-order valence-corrected chi connectivity index (χ2v) is 5.19. The van der Waals surface area contributed by atoms with Gasteiger partial charge in [-0.05, 0) is 24.1 Å². The Morgan fingerprint density at radius 2 is 2.00 bits per heavy atom. The van der Waals surface area contributed by atoms with Crippen molar-refractivity contribution in [3.8, 4) is 6.07 Å². The number of rotatable bonds is 5. The van der Waals surface area contributed by atoms with Crippen molar-refractivity contribution in [2.75, 3.05) is 7.11 Å². The normalized spacial score (nSPS) is 13.0. The van der Waals surface area contributed by atoms with Gasteiger partial charge in [0.15, 0.2) is 0 Å². The first-order valence-electron chi connectivity index (χ1n) is 7.08. The first kappa shape index (κ1) is 15.7. The van der Waals surface area contributed by atoms with Gasteiger partial charge in [0, 0.05) is 18.3 Å². The SMILES string of the molecule is COC(=O)CC(c1ccc(C)cc1)C(C#N)c1cccnc1. The van der Waals surface area contributed by atoms with E-state index >= 15 is 0 Å². The lowest BCUT2D eigenvalue weighted by Gasteiger charge is -2.22.